The van der Waals surface area contributed by atoms with Gasteiger partial charge < -0.3 is 23.7 Å². The van der Waals surface area contributed by atoms with Crippen LogP contribution in [-0.2, 0) is 36.9 Å². The van der Waals surface area contributed by atoms with Gasteiger partial charge in [0.15, 0.2) is 0 Å². The summed E-state index contributed by atoms with van der Waals surface area (Å²) in [5, 5.41) is 0. The number of nitrogens with one attached hydrogen (secondary N) is 1. The molecule has 1 N–H and O–H groups in total. The van der Waals surface area contributed by atoms with Crippen LogP contribution in [0.25, 0.3) is 6.08 Å². The van der Waals surface area contributed by atoms with Crippen LogP contribution >= 0.6 is 0 Å². The Morgan fingerprint density at radius 1 is 0.875 bits per heavy atom. The summed E-state index contributed by atoms with van der Waals surface area (Å²) in [4.78, 5) is 0. The van der Waals surface area contributed by atoms with Crippen LogP contribution in [0.3, 0.4) is 0 Å². The van der Waals surface area contributed by atoms with Gasteiger partial charge in [-0.05, 0) is 47.4 Å². The first kappa shape index (κ1) is 40.5. The second kappa shape index (κ2) is 25.1. The molecule has 5 rings (SSSR count). The summed E-state index contributed by atoms with van der Waals surface area (Å²) in [5.41, 5.74) is 4.99. The van der Waals surface area contributed by atoms with Crippen LogP contribution in [-0.4, -0.2) is 76.4 Å². The molecule has 3 atom stereocenters. The van der Waals surface area contributed by atoms with Gasteiger partial charge in [0.05, 0.1) is 39.6 Å². The molecule has 3 fully saturated rings. The number of hydrogen-bond acceptors (Lipinski definition) is 6. The van der Waals surface area contributed by atoms with Crippen LogP contribution < -0.4 is 0 Å². The van der Waals surface area contributed by atoms with Crippen molar-refractivity contribution in [3.63, 3.8) is 0 Å². The van der Waals surface area contributed by atoms with Gasteiger partial charge in [-0.3, -0.25) is 0 Å². The zero-order valence-electron chi connectivity index (χ0n) is 23.1. The van der Waals surface area contributed by atoms with Crippen molar-refractivity contribution in [1.29, 1.82) is 4.35 Å². The fourth-order valence-electron chi connectivity index (χ4n) is 3.38. The first-order valence-electron chi connectivity index (χ1n) is 13.2. The Balaban J connectivity index is 0. The Bertz CT molecular complexity index is 849. The van der Waals surface area contributed by atoms with E-state index in [0.717, 1.165) is 38.6 Å². The molecule has 220 valence electrons. The SMILES string of the molecule is C.C.C1CCOC1.C=Cc1ccc(COCC2CO2)cc1.CCC(C)c1ccc(COCC2CO2)cc1.[B].[NH]=[Al]. The quantitative estimate of drug-likeness (QED) is 0.235. The first-order valence-corrected chi connectivity index (χ1v) is 13.8. The van der Waals surface area contributed by atoms with E-state index in [2.05, 4.69) is 56.8 Å². The molecule has 0 amide bonds. The van der Waals surface area contributed by atoms with Crippen molar-refractivity contribution >= 4 is 30.6 Å². The van der Waals surface area contributed by atoms with Gasteiger partial charge in [0.25, 0.3) is 0 Å². The molecule has 3 saturated heterocycles. The molecule has 0 aliphatic carbocycles. The molecule has 6 nitrogen and oxygen atoms in total. The van der Waals surface area contributed by atoms with Crippen LogP contribution in [0.4, 0.5) is 0 Å². The summed E-state index contributed by atoms with van der Waals surface area (Å²) in [6.45, 7) is 14.7. The maximum atomic E-state index is 5.67. The summed E-state index contributed by atoms with van der Waals surface area (Å²) in [6.07, 6.45) is 6.29. The van der Waals surface area contributed by atoms with Gasteiger partial charge in [-0.25, -0.2) is 0 Å². The molecule has 2 aromatic carbocycles. The third-order valence-corrected chi connectivity index (χ3v) is 6.15. The zero-order valence-corrected chi connectivity index (χ0v) is 24.3. The van der Waals surface area contributed by atoms with Gasteiger partial charge in [0.2, 0.25) is 0 Å². The van der Waals surface area contributed by atoms with E-state index < -0.39 is 0 Å². The Morgan fingerprint density at radius 2 is 1.30 bits per heavy atom. The number of hydrogen-bond donors (Lipinski definition) is 1. The van der Waals surface area contributed by atoms with Crippen LogP contribution in [0.1, 0.15) is 76.1 Å². The Labute approximate surface area is 254 Å². The molecule has 4 radical (unpaired) electrons. The number of epoxide rings is 2. The number of ether oxygens (including phenoxy) is 5. The number of rotatable bonds is 11. The minimum atomic E-state index is 0. The van der Waals surface area contributed by atoms with Crippen molar-refractivity contribution in [3.8, 4) is 0 Å². The van der Waals surface area contributed by atoms with E-state index in [0.29, 0.717) is 37.9 Å². The standard InChI is InChI=1S/C14H20O2.C12H14O2.C4H8O.2CH4.Al.B.HN/c1-3-11(2)13-6-4-12(5-7-13)8-15-9-14-10-16-14;1-2-10-3-5-11(6-4-10)7-13-8-12-9-14-12;1-2-4-5-3-1;;;;;/h4-7,11,14H,3,8-10H2,1-2H3;2-6,12H,1,7-9H2;1-4H2;2*1H4;;;1H. The Hall–Kier alpha value is -1.62. The van der Waals surface area contributed by atoms with Crippen molar-refractivity contribution in [2.75, 3.05) is 39.6 Å². The molecule has 2 aromatic rings. The Morgan fingerprint density at radius 3 is 1.62 bits per heavy atom. The topological polar surface area (TPSA) is 76.6 Å². The van der Waals surface area contributed by atoms with Gasteiger partial charge in [-0.1, -0.05) is 89.9 Å². The van der Waals surface area contributed by atoms with E-state index in [1.807, 2.05) is 18.2 Å². The third kappa shape index (κ3) is 18.7. The summed E-state index contributed by atoms with van der Waals surface area (Å²) < 4.78 is 31.8. The van der Waals surface area contributed by atoms with E-state index in [4.69, 9.17) is 28.0 Å². The number of benzene rings is 2. The van der Waals surface area contributed by atoms with Crippen molar-refractivity contribution in [2.45, 2.75) is 79.3 Å². The monoisotopic (exact) mass is 567 g/mol. The Kier molecular flexibility index (Phi) is 25.4. The summed E-state index contributed by atoms with van der Waals surface area (Å²) in [6, 6.07) is 16.9. The second-order valence-electron chi connectivity index (χ2n) is 9.26. The van der Waals surface area contributed by atoms with E-state index >= 15 is 0 Å². The van der Waals surface area contributed by atoms with Crippen molar-refractivity contribution in [1.82, 2.24) is 0 Å². The first-order chi connectivity index (χ1) is 18.2. The molecule has 0 spiro atoms. The van der Waals surface area contributed by atoms with Crippen molar-refractivity contribution in [3.05, 3.63) is 77.4 Å². The molecule has 0 bridgehead atoms. The molecule has 8 heteroatoms. The normalized spacial score (nSPS) is 18.1. The third-order valence-electron chi connectivity index (χ3n) is 6.15. The van der Waals surface area contributed by atoms with Gasteiger partial charge in [-0.2, -0.15) is 0 Å². The average molecular weight is 568 g/mol. The van der Waals surface area contributed by atoms with Gasteiger partial charge >= 0.3 is 20.4 Å². The van der Waals surface area contributed by atoms with Gasteiger partial charge in [0, 0.05) is 21.6 Å². The molecule has 0 aromatic heterocycles. The van der Waals surface area contributed by atoms with Crippen molar-refractivity contribution in [2.24, 2.45) is 0 Å². The molecule has 3 unspecified atom stereocenters. The van der Waals surface area contributed by atoms with E-state index in [1.165, 1.54) is 36.0 Å². The fraction of sp³-hybridized carbons (Fsp3) is 0.562. The summed E-state index contributed by atoms with van der Waals surface area (Å²) >= 11 is 1.67. The summed E-state index contributed by atoms with van der Waals surface area (Å²) in [5.74, 6) is 0.648. The van der Waals surface area contributed by atoms with Crippen LogP contribution in [0, 0.1) is 4.35 Å². The molecule has 3 aliphatic heterocycles. The van der Waals surface area contributed by atoms with Gasteiger partial charge in [0.1, 0.15) is 12.2 Å². The predicted molar refractivity (Wildman–Crippen MR) is 168 cm³/mol. The van der Waals surface area contributed by atoms with Crippen LogP contribution in [0.15, 0.2) is 55.1 Å². The van der Waals surface area contributed by atoms with E-state index in [9.17, 15) is 0 Å². The molecular weight excluding hydrogens is 516 g/mol. The second-order valence-corrected chi connectivity index (χ2v) is 9.26. The molecule has 0 saturated carbocycles. The van der Waals surface area contributed by atoms with Gasteiger partial charge in [-0.15, -0.1) is 0 Å². The fourth-order valence-corrected chi connectivity index (χ4v) is 3.38. The molecule has 3 aliphatic rings. The predicted octanol–water partition coefficient (Wildman–Crippen LogP) is 6.97. The minimum absolute atomic E-state index is 0. The van der Waals surface area contributed by atoms with Crippen molar-refractivity contribution < 1.29 is 23.7 Å². The molecular formula is C32H51AlBNO5. The molecule has 40 heavy (non-hydrogen) atoms. The average Bonchev–Trinajstić information content (AvgIpc) is 3.90. The summed E-state index contributed by atoms with van der Waals surface area (Å²) in [7, 11) is 0. The van der Waals surface area contributed by atoms with Crippen LogP contribution in [0.5, 0.6) is 0 Å². The van der Waals surface area contributed by atoms with E-state index in [1.54, 1.807) is 16.1 Å². The zero-order chi connectivity index (χ0) is 26.7. The molecule has 3 heterocycles. The maximum absolute atomic E-state index is 5.67. The van der Waals surface area contributed by atoms with E-state index in [-0.39, 0.29) is 23.3 Å². The van der Waals surface area contributed by atoms with Crippen LogP contribution in [0.2, 0.25) is 0 Å².